The first kappa shape index (κ1) is 18.9. The fraction of sp³-hybridized carbons (Fsp3) is 0.185. The van der Waals surface area contributed by atoms with Crippen LogP contribution in [0.15, 0.2) is 54.6 Å². The van der Waals surface area contributed by atoms with Gasteiger partial charge in [0.2, 0.25) is 0 Å². The zero-order valence-electron chi connectivity index (χ0n) is 18.1. The predicted octanol–water partition coefficient (Wildman–Crippen LogP) is 5.84. The Bertz CT molecular complexity index is 1650. The molecule has 32 heavy (non-hydrogen) atoms. The molecule has 5 nitrogen and oxygen atoms in total. The number of rotatable bonds is 4. The highest BCUT2D eigenvalue weighted by molar-refractivity contribution is 6.39. The first-order chi connectivity index (χ1) is 15.5. The molecule has 2 N–H and O–H groups in total. The minimum absolute atomic E-state index is 0.316. The Hall–Kier alpha value is -3.86. The summed E-state index contributed by atoms with van der Waals surface area (Å²) in [7, 11) is 0. The summed E-state index contributed by atoms with van der Waals surface area (Å²) in [6, 6.07) is 14.4. The number of amides is 2. The zero-order valence-corrected chi connectivity index (χ0v) is 18.1. The molecule has 0 unspecified atom stereocenters. The molecule has 0 saturated heterocycles. The van der Waals surface area contributed by atoms with E-state index in [-0.39, 0.29) is 11.8 Å². The number of aromatic nitrogens is 2. The van der Waals surface area contributed by atoms with E-state index in [0.29, 0.717) is 11.1 Å². The number of allylic oxidation sites excluding steroid dienone is 1. The lowest BCUT2D eigenvalue weighted by atomic mass is 9.96. The Morgan fingerprint density at radius 3 is 2.50 bits per heavy atom. The number of imide groups is 1. The van der Waals surface area contributed by atoms with E-state index < -0.39 is 0 Å². The number of H-pyrrole nitrogens is 1. The molecule has 0 fully saturated rings. The van der Waals surface area contributed by atoms with Gasteiger partial charge >= 0.3 is 0 Å². The number of aromatic amines is 1. The Morgan fingerprint density at radius 1 is 1.00 bits per heavy atom. The van der Waals surface area contributed by atoms with Crippen molar-refractivity contribution in [2.45, 2.75) is 33.2 Å². The fourth-order valence-corrected chi connectivity index (χ4v) is 5.27. The van der Waals surface area contributed by atoms with Crippen LogP contribution in [-0.4, -0.2) is 21.4 Å². The lowest BCUT2D eigenvalue weighted by molar-refractivity contribution is 0.0880. The van der Waals surface area contributed by atoms with Gasteiger partial charge in [-0.2, -0.15) is 0 Å². The van der Waals surface area contributed by atoms with Gasteiger partial charge in [-0.3, -0.25) is 14.9 Å². The molecule has 1 aliphatic rings. The molecule has 0 saturated carbocycles. The number of fused-ring (bicyclic) bond motifs is 10. The third-order valence-electron chi connectivity index (χ3n) is 6.66. The molecule has 0 bridgehead atoms. The van der Waals surface area contributed by atoms with Crippen molar-refractivity contribution in [3.8, 4) is 0 Å². The summed E-state index contributed by atoms with van der Waals surface area (Å²) >= 11 is 0. The van der Waals surface area contributed by atoms with Crippen molar-refractivity contribution in [2.75, 3.05) is 0 Å². The molecule has 0 aliphatic carbocycles. The number of hydrogen-bond donors (Lipinski definition) is 2. The number of nitrogens with one attached hydrogen (secondary N) is 2. The maximum absolute atomic E-state index is 13.0. The van der Waals surface area contributed by atoms with Crippen molar-refractivity contribution in [1.29, 1.82) is 0 Å². The summed E-state index contributed by atoms with van der Waals surface area (Å²) in [5.41, 5.74) is 7.29. The average Bonchev–Trinajstić information content (AvgIpc) is 3.40. The van der Waals surface area contributed by atoms with Crippen molar-refractivity contribution in [2.24, 2.45) is 0 Å². The molecular formula is C27H23N3O2. The van der Waals surface area contributed by atoms with Gasteiger partial charge in [-0.05, 0) is 44.4 Å². The summed E-state index contributed by atoms with van der Waals surface area (Å²) in [5.74, 6) is -0.638. The minimum Gasteiger partial charge on any atom is -0.353 e. The van der Waals surface area contributed by atoms with E-state index in [1.165, 1.54) is 5.56 Å². The van der Waals surface area contributed by atoms with Gasteiger partial charge in [0.05, 0.1) is 22.2 Å². The van der Waals surface area contributed by atoms with Crippen LogP contribution in [0.4, 0.5) is 0 Å². The summed E-state index contributed by atoms with van der Waals surface area (Å²) < 4.78 is 2.24. The molecule has 2 amide bonds. The second-order valence-electron chi connectivity index (χ2n) is 8.73. The maximum atomic E-state index is 13.0. The SMILES string of the molecule is C=C(C)CCc1ccc2c(c1)[nH]c1c2c2c(c3c4ccccc4n(CC)c13)C(=O)NC2=O. The molecule has 2 aromatic heterocycles. The molecule has 158 valence electrons. The minimum atomic E-state index is -0.322. The van der Waals surface area contributed by atoms with Gasteiger partial charge in [0.25, 0.3) is 11.8 Å². The Kier molecular flexibility index (Phi) is 3.87. The number of carbonyl (C=O) groups is 2. The van der Waals surface area contributed by atoms with Crippen LogP contribution < -0.4 is 5.32 Å². The van der Waals surface area contributed by atoms with Gasteiger partial charge in [-0.25, -0.2) is 0 Å². The average molecular weight is 422 g/mol. The van der Waals surface area contributed by atoms with Gasteiger partial charge < -0.3 is 9.55 Å². The molecule has 5 aromatic rings. The fourth-order valence-electron chi connectivity index (χ4n) is 5.27. The van der Waals surface area contributed by atoms with Crippen LogP contribution in [0.25, 0.3) is 43.6 Å². The molecule has 0 radical (unpaired) electrons. The van der Waals surface area contributed by atoms with Gasteiger partial charge in [0.1, 0.15) is 0 Å². The van der Waals surface area contributed by atoms with E-state index in [0.717, 1.165) is 68.6 Å². The Balaban J connectivity index is 1.81. The monoisotopic (exact) mass is 421 g/mol. The van der Waals surface area contributed by atoms with E-state index >= 15 is 0 Å². The largest absolute Gasteiger partial charge is 0.353 e. The summed E-state index contributed by atoms with van der Waals surface area (Å²) in [6.45, 7) is 8.91. The zero-order chi connectivity index (χ0) is 22.1. The van der Waals surface area contributed by atoms with Crippen LogP contribution >= 0.6 is 0 Å². The third-order valence-corrected chi connectivity index (χ3v) is 6.66. The Labute approximate surface area is 184 Å². The molecule has 0 spiro atoms. The van der Waals surface area contributed by atoms with Crippen molar-refractivity contribution in [1.82, 2.24) is 14.9 Å². The van der Waals surface area contributed by atoms with Crippen molar-refractivity contribution in [3.63, 3.8) is 0 Å². The summed E-state index contributed by atoms with van der Waals surface area (Å²) in [4.78, 5) is 29.6. The van der Waals surface area contributed by atoms with Gasteiger partial charge in [-0.15, -0.1) is 6.58 Å². The molecule has 0 atom stereocenters. The highest BCUT2D eigenvalue weighted by Gasteiger charge is 2.35. The first-order valence-corrected chi connectivity index (χ1v) is 11.0. The highest BCUT2D eigenvalue weighted by atomic mass is 16.2. The topological polar surface area (TPSA) is 66.9 Å². The number of nitrogens with zero attached hydrogens (tertiary/aromatic N) is 1. The maximum Gasteiger partial charge on any atom is 0.259 e. The second-order valence-corrected chi connectivity index (χ2v) is 8.73. The number of aryl methyl sites for hydroxylation is 2. The van der Waals surface area contributed by atoms with E-state index in [9.17, 15) is 9.59 Å². The Morgan fingerprint density at radius 2 is 1.75 bits per heavy atom. The molecule has 3 heterocycles. The van der Waals surface area contributed by atoms with E-state index in [2.05, 4.69) is 52.6 Å². The van der Waals surface area contributed by atoms with Crippen molar-refractivity contribution in [3.05, 3.63) is 71.3 Å². The summed E-state index contributed by atoms with van der Waals surface area (Å²) in [5, 5.41) is 6.19. The second kappa shape index (κ2) is 6.57. The number of para-hydroxylation sites is 1. The van der Waals surface area contributed by atoms with E-state index in [1.807, 2.05) is 25.1 Å². The van der Waals surface area contributed by atoms with E-state index in [1.54, 1.807) is 0 Å². The lowest BCUT2D eigenvalue weighted by Crippen LogP contribution is -2.20. The van der Waals surface area contributed by atoms with Crippen LogP contribution in [0.2, 0.25) is 0 Å². The normalized spacial score (nSPS) is 13.6. The molecule has 3 aromatic carbocycles. The lowest BCUT2D eigenvalue weighted by Gasteiger charge is -2.07. The van der Waals surface area contributed by atoms with Gasteiger partial charge in [0, 0.05) is 39.1 Å². The van der Waals surface area contributed by atoms with Gasteiger partial charge in [0.15, 0.2) is 0 Å². The van der Waals surface area contributed by atoms with Crippen LogP contribution in [-0.2, 0) is 13.0 Å². The number of benzene rings is 3. The number of hydrogen-bond acceptors (Lipinski definition) is 2. The first-order valence-electron chi connectivity index (χ1n) is 11.0. The third kappa shape index (κ3) is 2.39. The standard InChI is InChI=1S/C27H23N3O2/c1-4-30-19-8-6-5-7-17(19)21-23-22(26(31)29-27(23)32)20-16-12-11-15(10-9-14(2)3)13-18(16)28-24(20)25(21)30/h5-8,11-13,28H,2,4,9-10H2,1,3H3,(H,29,31,32). The molecule has 5 heteroatoms. The van der Waals surface area contributed by atoms with Crippen molar-refractivity contribution < 1.29 is 9.59 Å². The van der Waals surface area contributed by atoms with Crippen molar-refractivity contribution >= 4 is 55.4 Å². The van der Waals surface area contributed by atoms with Crippen LogP contribution in [0.3, 0.4) is 0 Å². The number of carbonyl (C=O) groups excluding carboxylic acids is 2. The smallest absolute Gasteiger partial charge is 0.259 e. The predicted molar refractivity (Wildman–Crippen MR) is 129 cm³/mol. The quantitative estimate of drug-likeness (QED) is 0.283. The highest BCUT2D eigenvalue weighted by Crippen LogP contribution is 2.43. The summed E-state index contributed by atoms with van der Waals surface area (Å²) in [6.07, 6.45) is 1.86. The molecule has 1 aliphatic heterocycles. The van der Waals surface area contributed by atoms with Gasteiger partial charge in [-0.1, -0.05) is 35.9 Å². The van der Waals surface area contributed by atoms with E-state index in [4.69, 9.17) is 0 Å². The van der Waals surface area contributed by atoms with Crippen LogP contribution in [0.5, 0.6) is 0 Å². The molecular weight excluding hydrogens is 398 g/mol. The molecule has 6 rings (SSSR count). The van der Waals surface area contributed by atoms with Crippen LogP contribution in [0.1, 0.15) is 46.5 Å². The van der Waals surface area contributed by atoms with Crippen LogP contribution in [0, 0.1) is 0 Å².